The van der Waals surface area contributed by atoms with E-state index in [0.29, 0.717) is 12.8 Å². The molecule has 74 valence electrons. The lowest BCUT2D eigenvalue weighted by molar-refractivity contribution is -0.140. The molecule has 0 N–H and O–H groups in total. The molecule has 1 aliphatic rings. The summed E-state index contributed by atoms with van der Waals surface area (Å²) in [6.07, 6.45) is 3.14. The Morgan fingerprint density at radius 3 is 2.77 bits per heavy atom. The summed E-state index contributed by atoms with van der Waals surface area (Å²) in [6.45, 7) is 4.42. The molecule has 1 heterocycles. The number of rotatable bonds is 3. The molecule has 1 amide bonds. The zero-order valence-electron chi connectivity index (χ0n) is 8.38. The van der Waals surface area contributed by atoms with Crippen molar-refractivity contribution >= 4 is 11.7 Å². The van der Waals surface area contributed by atoms with Gasteiger partial charge < -0.3 is 4.90 Å². The number of Topliss-reactive ketones (excluding diaryl/α,β-unsaturated/α-hetero) is 1. The summed E-state index contributed by atoms with van der Waals surface area (Å²) in [5.74, 6) is 0.302. The second-order valence-electron chi connectivity index (χ2n) is 3.54. The largest absolute Gasteiger partial charge is 0.333 e. The molecule has 3 heteroatoms. The Hall–Kier alpha value is -0.860. The highest BCUT2D eigenvalue weighted by molar-refractivity contribution is 5.88. The lowest BCUT2D eigenvalue weighted by Gasteiger charge is -2.31. The van der Waals surface area contributed by atoms with Gasteiger partial charge in [0.2, 0.25) is 5.91 Å². The van der Waals surface area contributed by atoms with Gasteiger partial charge in [-0.3, -0.25) is 9.59 Å². The van der Waals surface area contributed by atoms with Gasteiger partial charge >= 0.3 is 0 Å². The number of carbonyl (C=O) groups excluding carboxylic acids is 2. The summed E-state index contributed by atoms with van der Waals surface area (Å²) >= 11 is 0. The van der Waals surface area contributed by atoms with Crippen molar-refractivity contribution < 1.29 is 9.59 Å². The first-order valence-corrected chi connectivity index (χ1v) is 4.99. The van der Waals surface area contributed by atoms with Crippen LogP contribution >= 0.6 is 0 Å². The number of nitrogens with zero attached hydrogens (tertiary/aromatic N) is 1. The van der Waals surface area contributed by atoms with E-state index in [0.717, 1.165) is 19.4 Å². The summed E-state index contributed by atoms with van der Waals surface area (Å²) < 4.78 is 0. The first-order chi connectivity index (χ1) is 6.16. The molecule has 3 nitrogen and oxygen atoms in total. The summed E-state index contributed by atoms with van der Waals surface area (Å²) in [7, 11) is 0. The van der Waals surface area contributed by atoms with Crippen LogP contribution in [0.15, 0.2) is 0 Å². The van der Waals surface area contributed by atoms with Crippen LogP contribution in [0.25, 0.3) is 0 Å². The van der Waals surface area contributed by atoms with Crippen molar-refractivity contribution in [2.45, 2.75) is 45.6 Å². The van der Waals surface area contributed by atoms with Crippen LogP contribution in [0.5, 0.6) is 0 Å². The van der Waals surface area contributed by atoms with Crippen molar-refractivity contribution in [3.8, 4) is 0 Å². The number of hydrogen-bond acceptors (Lipinski definition) is 2. The Balaban J connectivity index is 2.58. The fourth-order valence-electron chi connectivity index (χ4n) is 1.71. The van der Waals surface area contributed by atoms with Crippen LogP contribution in [-0.2, 0) is 9.59 Å². The molecule has 0 aromatic carbocycles. The van der Waals surface area contributed by atoms with Gasteiger partial charge in [0.25, 0.3) is 0 Å². The van der Waals surface area contributed by atoms with Crippen LogP contribution in [0, 0.1) is 0 Å². The molecule has 0 aromatic rings. The highest BCUT2D eigenvalue weighted by Gasteiger charge is 2.26. The van der Waals surface area contributed by atoms with Crippen molar-refractivity contribution in [3.05, 3.63) is 0 Å². The predicted octanol–water partition coefficient (Wildman–Crippen LogP) is 1.37. The number of likely N-dealkylation sites (tertiary alicyclic amines) is 1. The zero-order valence-corrected chi connectivity index (χ0v) is 8.38. The molecule has 13 heavy (non-hydrogen) atoms. The predicted molar refractivity (Wildman–Crippen MR) is 50.3 cm³/mol. The molecule has 1 fully saturated rings. The standard InChI is InChI=1S/C10H17NO2/c1-3-9(12)8(2)11-7-5-4-6-10(11)13/h8H,3-7H2,1-2H3. The van der Waals surface area contributed by atoms with Crippen LogP contribution in [0.4, 0.5) is 0 Å². The van der Waals surface area contributed by atoms with E-state index in [1.54, 1.807) is 4.90 Å². The van der Waals surface area contributed by atoms with Gasteiger partial charge in [0.15, 0.2) is 5.78 Å². The van der Waals surface area contributed by atoms with Gasteiger partial charge in [0, 0.05) is 19.4 Å². The minimum absolute atomic E-state index is 0.139. The van der Waals surface area contributed by atoms with Gasteiger partial charge in [-0.25, -0.2) is 0 Å². The molecule has 1 rings (SSSR count). The average Bonchev–Trinajstić information content (AvgIpc) is 2.16. The fourth-order valence-corrected chi connectivity index (χ4v) is 1.71. The van der Waals surface area contributed by atoms with Gasteiger partial charge in [0.05, 0.1) is 6.04 Å². The van der Waals surface area contributed by atoms with E-state index in [1.807, 2.05) is 13.8 Å². The fraction of sp³-hybridized carbons (Fsp3) is 0.800. The van der Waals surface area contributed by atoms with Crippen molar-refractivity contribution in [2.75, 3.05) is 6.54 Å². The molecule has 1 atom stereocenters. The zero-order chi connectivity index (χ0) is 9.84. The number of ketones is 1. The van der Waals surface area contributed by atoms with Gasteiger partial charge in [0.1, 0.15) is 0 Å². The average molecular weight is 183 g/mol. The highest BCUT2D eigenvalue weighted by Crippen LogP contribution is 2.14. The quantitative estimate of drug-likeness (QED) is 0.662. The van der Waals surface area contributed by atoms with Crippen molar-refractivity contribution in [2.24, 2.45) is 0 Å². The lowest BCUT2D eigenvalue weighted by atomic mass is 10.0. The van der Waals surface area contributed by atoms with E-state index in [4.69, 9.17) is 0 Å². The summed E-state index contributed by atoms with van der Waals surface area (Å²) in [5, 5.41) is 0. The van der Waals surface area contributed by atoms with Crippen molar-refractivity contribution in [1.82, 2.24) is 4.90 Å². The van der Waals surface area contributed by atoms with Crippen LogP contribution in [0.2, 0.25) is 0 Å². The maximum Gasteiger partial charge on any atom is 0.223 e. The molecular formula is C10H17NO2. The number of amides is 1. The third-order valence-corrected chi connectivity index (χ3v) is 2.64. The number of piperidine rings is 1. The van der Waals surface area contributed by atoms with E-state index >= 15 is 0 Å². The second kappa shape index (κ2) is 4.40. The molecule has 0 spiro atoms. The minimum atomic E-state index is -0.210. The molecule has 0 bridgehead atoms. The maximum absolute atomic E-state index is 11.4. The topological polar surface area (TPSA) is 37.4 Å². The first kappa shape index (κ1) is 10.2. The maximum atomic E-state index is 11.4. The van der Waals surface area contributed by atoms with E-state index in [2.05, 4.69) is 0 Å². The monoisotopic (exact) mass is 183 g/mol. The van der Waals surface area contributed by atoms with Crippen LogP contribution < -0.4 is 0 Å². The molecule has 0 aliphatic carbocycles. The summed E-state index contributed by atoms with van der Waals surface area (Å²) in [5.41, 5.74) is 0. The molecule has 1 saturated heterocycles. The molecule has 1 unspecified atom stereocenters. The minimum Gasteiger partial charge on any atom is -0.333 e. The smallest absolute Gasteiger partial charge is 0.223 e. The Morgan fingerprint density at radius 2 is 2.23 bits per heavy atom. The van der Waals surface area contributed by atoms with Crippen LogP contribution in [0.1, 0.15) is 39.5 Å². The first-order valence-electron chi connectivity index (χ1n) is 4.99. The number of hydrogen-bond donors (Lipinski definition) is 0. The third kappa shape index (κ3) is 2.29. The van der Waals surface area contributed by atoms with E-state index < -0.39 is 0 Å². The van der Waals surface area contributed by atoms with Crippen molar-refractivity contribution in [3.63, 3.8) is 0 Å². The van der Waals surface area contributed by atoms with Gasteiger partial charge in [-0.05, 0) is 19.8 Å². The van der Waals surface area contributed by atoms with Gasteiger partial charge in [-0.1, -0.05) is 6.92 Å². The normalized spacial score (nSPS) is 20.2. The van der Waals surface area contributed by atoms with Gasteiger partial charge in [-0.15, -0.1) is 0 Å². The summed E-state index contributed by atoms with van der Waals surface area (Å²) in [4.78, 5) is 24.5. The SMILES string of the molecule is CCC(=O)C(C)N1CCCCC1=O. The van der Waals surface area contributed by atoms with Crippen LogP contribution in [0.3, 0.4) is 0 Å². The van der Waals surface area contributed by atoms with Gasteiger partial charge in [-0.2, -0.15) is 0 Å². The molecule has 0 radical (unpaired) electrons. The molecule has 1 aliphatic heterocycles. The second-order valence-corrected chi connectivity index (χ2v) is 3.54. The Kier molecular flexibility index (Phi) is 3.46. The Labute approximate surface area is 79.1 Å². The van der Waals surface area contributed by atoms with E-state index in [9.17, 15) is 9.59 Å². The molecule has 0 saturated carbocycles. The Bertz CT molecular complexity index is 213. The third-order valence-electron chi connectivity index (χ3n) is 2.64. The summed E-state index contributed by atoms with van der Waals surface area (Å²) in [6, 6.07) is -0.210. The van der Waals surface area contributed by atoms with Crippen molar-refractivity contribution in [1.29, 1.82) is 0 Å². The van der Waals surface area contributed by atoms with Crippen LogP contribution in [-0.4, -0.2) is 29.2 Å². The molecular weight excluding hydrogens is 166 g/mol. The van der Waals surface area contributed by atoms with E-state index in [-0.39, 0.29) is 17.7 Å². The molecule has 0 aromatic heterocycles. The number of carbonyl (C=O) groups is 2. The highest BCUT2D eigenvalue weighted by atomic mass is 16.2. The Morgan fingerprint density at radius 1 is 1.54 bits per heavy atom. The lowest BCUT2D eigenvalue weighted by Crippen LogP contribution is -2.45. The van der Waals surface area contributed by atoms with E-state index in [1.165, 1.54) is 0 Å².